The second kappa shape index (κ2) is 6.31. The largest absolute Gasteiger partial charge is 0.349 e. The molecule has 2 rings (SSSR count). The van der Waals surface area contributed by atoms with Crippen LogP contribution in [0.4, 0.5) is 0 Å². The molecule has 2 nitrogen and oxygen atoms in total. The zero-order chi connectivity index (χ0) is 15.5. The van der Waals surface area contributed by atoms with E-state index >= 15 is 0 Å². The number of benzene rings is 2. The first-order valence-electron chi connectivity index (χ1n) is 7.03. The molecule has 0 radical (unpaired) electrons. The fraction of sp³-hybridized carbons (Fsp3) is 0.278. The van der Waals surface area contributed by atoms with E-state index in [-0.39, 0.29) is 11.9 Å². The van der Waals surface area contributed by atoms with E-state index < -0.39 is 5.41 Å². The summed E-state index contributed by atoms with van der Waals surface area (Å²) >= 11 is 6.00. The summed E-state index contributed by atoms with van der Waals surface area (Å²) in [5.74, 6) is 0.00109. The van der Waals surface area contributed by atoms with E-state index in [0.29, 0.717) is 5.02 Å². The summed E-state index contributed by atoms with van der Waals surface area (Å²) in [6.45, 7) is 5.83. The summed E-state index contributed by atoms with van der Waals surface area (Å²) in [5.41, 5.74) is 1.43. The van der Waals surface area contributed by atoms with Gasteiger partial charge in [0.05, 0.1) is 11.5 Å². The van der Waals surface area contributed by atoms with Gasteiger partial charge in [0.2, 0.25) is 5.91 Å². The van der Waals surface area contributed by atoms with Crippen LogP contribution >= 0.6 is 11.6 Å². The van der Waals surface area contributed by atoms with Gasteiger partial charge in [0, 0.05) is 5.02 Å². The molecule has 1 amide bonds. The first-order chi connectivity index (χ1) is 9.91. The lowest BCUT2D eigenvalue weighted by Gasteiger charge is -2.26. The minimum Gasteiger partial charge on any atom is -0.349 e. The summed E-state index contributed by atoms with van der Waals surface area (Å²) < 4.78 is 0. The Balaban J connectivity index is 2.14. The molecule has 0 aromatic heterocycles. The van der Waals surface area contributed by atoms with Crippen LogP contribution in [0, 0.1) is 0 Å². The number of amides is 1. The minimum atomic E-state index is -0.575. The van der Waals surface area contributed by atoms with Crippen molar-refractivity contribution in [2.24, 2.45) is 0 Å². The smallest absolute Gasteiger partial charge is 0.230 e. The van der Waals surface area contributed by atoms with Gasteiger partial charge in [-0.05, 0) is 44.0 Å². The highest BCUT2D eigenvalue weighted by molar-refractivity contribution is 6.30. The van der Waals surface area contributed by atoms with Crippen molar-refractivity contribution in [3.8, 4) is 0 Å². The number of carbonyl (C=O) groups is 1. The van der Waals surface area contributed by atoms with Gasteiger partial charge >= 0.3 is 0 Å². The topological polar surface area (TPSA) is 29.1 Å². The van der Waals surface area contributed by atoms with Crippen molar-refractivity contribution in [3.05, 3.63) is 70.7 Å². The summed E-state index contributed by atoms with van der Waals surface area (Å²) in [4.78, 5) is 12.6. The van der Waals surface area contributed by atoms with Crippen LogP contribution in [0.2, 0.25) is 5.02 Å². The minimum absolute atomic E-state index is 0.00109. The van der Waals surface area contributed by atoms with E-state index in [4.69, 9.17) is 11.6 Å². The van der Waals surface area contributed by atoms with Gasteiger partial charge in [0.1, 0.15) is 0 Å². The molecule has 0 aliphatic rings. The van der Waals surface area contributed by atoms with Crippen molar-refractivity contribution in [3.63, 3.8) is 0 Å². The number of carbonyl (C=O) groups excluding carboxylic acids is 1. The average molecular weight is 302 g/mol. The molecular weight excluding hydrogens is 282 g/mol. The lowest BCUT2D eigenvalue weighted by Crippen LogP contribution is -2.41. The van der Waals surface area contributed by atoms with Crippen LogP contribution in [0.5, 0.6) is 0 Å². The SMILES string of the molecule is C[C@H](NC(=O)C(C)(C)c1ccccc1)c1cccc(Cl)c1. The van der Waals surface area contributed by atoms with Crippen molar-refractivity contribution in [2.45, 2.75) is 32.2 Å². The Kier molecular flexibility index (Phi) is 4.69. The third-order valence-electron chi connectivity index (χ3n) is 3.76. The second-order valence-electron chi connectivity index (χ2n) is 5.74. The van der Waals surface area contributed by atoms with Gasteiger partial charge in [-0.2, -0.15) is 0 Å². The van der Waals surface area contributed by atoms with Crippen molar-refractivity contribution < 1.29 is 4.79 Å². The van der Waals surface area contributed by atoms with E-state index in [0.717, 1.165) is 11.1 Å². The van der Waals surface area contributed by atoms with Crippen molar-refractivity contribution in [1.82, 2.24) is 5.32 Å². The molecule has 1 atom stereocenters. The second-order valence-corrected chi connectivity index (χ2v) is 6.18. The number of halogens is 1. The van der Waals surface area contributed by atoms with Gasteiger partial charge in [0.25, 0.3) is 0 Å². The molecule has 3 heteroatoms. The van der Waals surface area contributed by atoms with Crippen LogP contribution < -0.4 is 5.32 Å². The van der Waals surface area contributed by atoms with E-state index in [1.165, 1.54) is 0 Å². The molecule has 0 unspecified atom stereocenters. The molecular formula is C18H20ClNO. The van der Waals surface area contributed by atoms with Crippen LogP contribution in [0.3, 0.4) is 0 Å². The highest BCUT2D eigenvalue weighted by Gasteiger charge is 2.30. The molecule has 0 aliphatic carbocycles. The molecule has 21 heavy (non-hydrogen) atoms. The fourth-order valence-electron chi connectivity index (χ4n) is 2.22. The predicted molar refractivity (Wildman–Crippen MR) is 87.5 cm³/mol. The molecule has 0 saturated carbocycles. The van der Waals surface area contributed by atoms with Crippen molar-refractivity contribution >= 4 is 17.5 Å². The molecule has 110 valence electrons. The molecule has 0 spiro atoms. The summed E-state index contributed by atoms with van der Waals surface area (Å²) in [5, 5.41) is 3.74. The maximum absolute atomic E-state index is 12.6. The summed E-state index contributed by atoms with van der Waals surface area (Å²) in [6.07, 6.45) is 0. The lowest BCUT2D eigenvalue weighted by molar-refractivity contribution is -0.126. The number of hydrogen-bond acceptors (Lipinski definition) is 1. The van der Waals surface area contributed by atoms with Gasteiger partial charge < -0.3 is 5.32 Å². The number of nitrogens with one attached hydrogen (secondary N) is 1. The molecule has 2 aromatic rings. The average Bonchev–Trinajstić information content (AvgIpc) is 2.48. The normalized spacial score (nSPS) is 12.8. The highest BCUT2D eigenvalue weighted by atomic mass is 35.5. The molecule has 1 N–H and O–H groups in total. The van der Waals surface area contributed by atoms with Gasteiger partial charge in [-0.15, -0.1) is 0 Å². The first kappa shape index (κ1) is 15.6. The third kappa shape index (κ3) is 3.64. The lowest BCUT2D eigenvalue weighted by atomic mass is 9.83. The maximum atomic E-state index is 12.6. The summed E-state index contributed by atoms with van der Waals surface area (Å²) in [6, 6.07) is 17.3. The Morgan fingerprint density at radius 2 is 1.76 bits per heavy atom. The van der Waals surface area contributed by atoms with Gasteiger partial charge in [-0.1, -0.05) is 54.1 Å². The van der Waals surface area contributed by atoms with E-state index in [1.807, 2.05) is 75.4 Å². The van der Waals surface area contributed by atoms with Crippen molar-refractivity contribution in [2.75, 3.05) is 0 Å². The van der Waals surface area contributed by atoms with Crippen LogP contribution in [-0.2, 0) is 10.2 Å². The van der Waals surface area contributed by atoms with E-state index in [9.17, 15) is 4.79 Å². The first-order valence-corrected chi connectivity index (χ1v) is 7.41. The Labute approximate surface area is 131 Å². The maximum Gasteiger partial charge on any atom is 0.230 e. The fourth-order valence-corrected chi connectivity index (χ4v) is 2.42. The van der Waals surface area contributed by atoms with Crippen LogP contribution in [-0.4, -0.2) is 5.91 Å². The summed E-state index contributed by atoms with van der Waals surface area (Å²) in [7, 11) is 0. The molecule has 0 aliphatic heterocycles. The molecule has 0 saturated heterocycles. The zero-order valence-electron chi connectivity index (χ0n) is 12.6. The zero-order valence-corrected chi connectivity index (χ0v) is 13.3. The van der Waals surface area contributed by atoms with Gasteiger partial charge in [-0.3, -0.25) is 4.79 Å². The van der Waals surface area contributed by atoms with Crippen LogP contribution in [0.1, 0.15) is 37.9 Å². The van der Waals surface area contributed by atoms with Crippen LogP contribution in [0.25, 0.3) is 0 Å². The highest BCUT2D eigenvalue weighted by Crippen LogP contribution is 2.25. The quantitative estimate of drug-likeness (QED) is 0.885. The van der Waals surface area contributed by atoms with E-state index in [1.54, 1.807) is 0 Å². The molecule has 0 bridgehead atoms. The Morgan fingerprint density at radius 3 is 2.38 bits per heavy atom. The van der Waals surface area contributed by atoms with E-state index in [2.05, 4.69) is 5.32 Å². The molecule has 0 heterocycles. The number of hydrogen-bond donors (Lipinski definition) is 1. The van der Waals surface area contributed by atoms with Crippen LogP contribution in [0.15, 0.2) is 54.6 Å². The van der Waals surface area contributed by atoms with Gasteiger partial charge in [-0.25, -0.2) is 0 Å². The monoisotopic (exact) mass is 301 g/mol. The molecule has 0 fully saturated rings. The van der Waals surface area contributed by atoms with Gasteiger partial charge in [0.15, 0.2) is 0 Å². The Morgan fingerprint density at radius 1 is 1.10 bits per heavy atom. The third-order valence-corrected chi connectivity index (χ3v) is 3.99. The Hall–Kier alpha value is -1.80. The number of rotatable bonds is 4. The van der Waals surface area contributed by atoms with Crippen molar-refractivity contribution in [1.29, 1.82) is 0 Å². The molecule has 2 aromatic carbocycles. The standard InChI is InChI=1S/C18H20ClNO/c1-13(14-8-7-11-16(19)12-14)20-17(21)18(2,3)15-9-5-4-6-10-15/h4-13H,1-3H3,(H,20,21)/t13-/m0/s1. The predicted octanol–water partition coefficient (Wildman–Crippen LogP) is 4.50. The Bertz CT molecular complexity index is 622.